The van der Waals surface area contributed by atoms with Crippen molar-refractivity contribution in [3.05, 3.63) is 48.0 Å². The second-order valence-corrected chi connectivity index (χ2v) is 3.89. The van der Waals surface area contributed by atoms with Crippen LogP contribution in [0.1, 0.15) is 16.2 Å². The highest BCUT2D eigenvalue weighted by Crippen LogP contribution is 2.11. The molecule has 0 aliphatic rings. The van der Waals surface area contributed by atoms with E-state index in [-0.39, 0.29) is 0 Å². The first-order valence-corrected chi connectivity index (χ1v) is 5.68. The van der Waals surface area contributed by atoms with Gasteiger partial charge >= 0.3 is 5.97 Å². The lowest BCUT2D eigenvalue weighted by Crippen LogP contribution is -2.13. The fraction of sp³-hybridized carbons (Fsp3) is 0.231. The lowest BCUT2D eigenvalue weighted by molar-refractivity contribution is 0.0492. The molecular weight excluding hydrogens is 230 g/mol. The summed E-state index contributed by atoms with van der Waals surface area (Å²) in [6.45, 7) is 2.78. The van der Waals surface area contributed by atoms with E-state index in [9.17, 15) is 4.79 Å². The van der Waals surface area contributed by atoms with E-state index in [0.717, 1.165) is 5.82 Å². The smallest absolute Gasteiger partial charge is 0.340 e. The van der Waals surface area contributed by atoms with Crippen molar-refractivity contribution >= 4 is 11.7 Å². The zero-order chi connectivity index (χ0) is 13.0. The van der Waals surface area contributed by atoms with Crippen molar-refractivity contribution in [2.24, 2.45) is 0 Å². The highest BCUT2D eigenvalue weighted by Gasteiger charge is 2.10. The van der Waals surface area contributed by atoms with Crippen molar-refractivity contribution in [2.75, 3.05) is 12.3 Å². The Balaban J connectivity index is 1.90. The Morgan fingerprint density at radius 3 is 2.89 bits per heavy atom. The molecule has 18 heavy (non-hydrogen) atoms. The summed E-state index contributed by atoms with van der Waals surface area (Å²) >= 11 is 0. The van der Waals surface area contributed by atoms with Crippen LogP contribution in [0.5, 0.6) is 0 Å². The molecule has 5 heteroatoms. The molecule has 0 aliphatic heterocycles. The van der Waals surface area contributed by atoms with Crippen LogP contribution in [-0.4, -0.2) is 22.1 Å². The van der Waals surface area contributed by atoms with E-state index in [2.05, 4.69) is 4.98 Å². The first kappa shape index (κ1) is 12.2. The Bertz CT molecular complexity index is 549. The third-order valence-corrected chi connectivity index (χ3v) is 2.67. The van der Waals surface area contributed by atoms with Gasteiger partial charge < -0.3 is 15.0 Å². The third-order valence-electron chi connectivity index (χ3n) is 2.67. The highest BCUT2D eigenvalue weighted by molar-refractivity contribution is 5.94. The number of imidazole rings is 1. The third kappa shape index (κ3) is 2.68. The van der Waals surface area contributed by atoms with E-state index in [1.807, 2.05) is 17.7 Å². The summed E-state index contributed by atoms with van der Waals surface area (Å²) in [6, 6.07) is 6.87. The molecule has 2 aromatic rings. The summed E-state index contributed by atoms with van der Waals surface area (Å²) < 4.78 is 7.09. The SMILES string of the molecule is Cc1nccn1CCOC(=O)c1ccccc1N. The Morgan fingerprint density at radius 2 is 2.22 bits per heavy atom. The maximum atomic E-state index is 11.8. The fourth-order valence-corrected chi connectivity index (χ4v) is 1.64. The Hall–Kier alpha value is -2.30. The minimum atomic E-state index is -0.397. The number of anilines is 1. The van der Waals surface area contributed by atoms with Gasteiger partial charge in [-0.2, -0.15) is 0 Å². The Morgan fingerprint density at radius 1 is 1.44 bits per heavy atom. The van der Waals surface area contributed by atoms with Crippen LogP contribution in [-0.2, 0) is 11.3 Å². The Kier molecular flexibility index (Phi) is 3.62. The van der Waals surface area contributed by atoms with E-state index >= 15 is 0 Å². The van der Waals surface area contributed by atoms with Crippen LogP contribution in [0.3, 0.4) is 0 Å². The van der Waals surface area contributed by atoms with E-state index in [1.165, 1.54) is 0 Å². The molecule has 0 saturated heterocycles. The zero-order valence-electron chi connectivity index (χ0n) is 10.2. The normalized spacial score (nSPS) is 10.3. The number of carbonyl (C=O) groups excluding carboxylic acids is 1. The quantitative estimate of drug-likeness (QED) is 0.656. The van der Waals surface area contributed by atoms with E-state index < -0.39 is 5.97 Å². The molecule has 0 unspecified atom stereocenters. The van der Waals surface area contributed by atoms with Gasteiger partial charge in [0, 0.05) is 18.1 Å². The Labute approximate surface area is 105 Å². The zero-order valence-corrected chi connectivity index (χ0v) is 10.2. The molecule has 2 N–H and O–H groups in total. The second kappa shape index (κ2) is 5.35. The standard InChI is InChI=1S/C13H15N3O2/c1-10-15-6-7-16(10)8-9-18-13(17)11-4-2-3-5-12(11)14/h2-7H,8-9,14H2,1H3. The number of benzene rings is 1. The van der Waals surface area contributed by atoms with E-state index in [4.69, 9.17) is 10.5 Å². The van der Waals surface area contributed by atoms with Crippen molar-refractivity contribution in [3.8, 4) is 0 Å². The molecule has 0 fully saturated rings. The predicted molar refractivity (Wildman–Crippen MR) is 68.1 cm³/mol. The largest absolute Gasteiger partial charge is 0.460 e. The van der Waals surface area contributed by atoms with Crippen LogP contribution in [0.15, 0.2) is 36.7 Å². The molecule has 1 heterocycles. The number of aromatic nitrogens is 2. The number of hydrogen-bond acceptors (Lipinski definition) is 4. The van der Waals surface area contributed by atoms with Crippen LogP contribution < -0.4 is 5.73 Å². The van der Waals surface area contributed by atoms with Crippen molar-refractivity contribution in [2.45, 2.75) is 13.5 Å². The van der Waals surface area contributed by atoms with Gasteiger partial charge in [0.1, 0.15) is 12.4 Å². The number of aryl methyl sites for hydroxylation is 1. The molecule has 1 aromatic carbocycles. The number of esters is 1. The summed E-state index contributed by atoms with van der Waals surface area (Å²) in [5.74, 6) is 0.496. The lowest BCUT2D eigenvalue weighted by atomic mass is 10.2. The molecule has 0 saturated carbocycles. The number of para-hydroxylation sites is 1. The van der Waals surface area contributed by atoms with Crippen molar-refractivity contribution in [1.29, 1.82) is 0 Å². The van der Waals surface area contributed by atoms with Crippen molar-refractivity contribution in [3.63, 3.8) is 0 Å². The predicted octanol–water partition coefficient (Wildman–Crippen LogP) is 1.63. The molecule has 0 bridgehead atoms. The van der Waals surface area contributed by atoms with Crippen LogP contribution in [0.25, 0.3) is 0 Å². The summed E-state index contributed by atoms with van der Waals surface area (Å²) in [5.41, 5.74) is 6.53. The molecule has 0 radical (unpaired) electrons. The monoisotopic (exact) mass is 245 g/mol. The minimum absolute atomic E-state index is 0.296. The van der Waals surface area contributed by atoms with Gasteiger partial charge in [-0.1, -0.05) is 12.1 Å². The van der Waals surface area contributed by atoms with Crippen molar-refractivity contribution < 1.29 is 9.53 Å². The number of rotatable bonds is 4. The number of nitrogens with zero attached hydrogens (tertiary/aromatic N) is 2. The fourth-order valence-electron chi connectivity index (χ4n) is 1.64. The van der Waals surface area contributed by atoms with Crippen LogP contribution in [0.4, 0.5) is 5.69 Å². The number of nitrogen functional groups attached to an aromatic ring is 1. The summed E-state index contributed by atoms with van der Waals surface area (Å²) in [7, 11) is 0. The van der Waals surface area contributed by atoms with Gasteiger partial charge in [0.05, 0.1) is 12.1 Å². The molecule has 0 amide bonds. The van der Waals surface area contributed by atoms with Gasteiger partial charge in [0.15, 0.2) is 0 Å². The summed E-state index contributed by atoms with van der Waals surface area (Å²) in [4.78, 5) is 15.8. The minimum Gasteiger partial charge on any atom is -0.460 e. The van der Waals surface area contributed by atoms with Crippen LogP contribution in [0.2, 0.25) is 0 Å². The van der Waals surface area contributed by atoms with Gasteiger partial charge in [-0.15, -0.1) is 0 Å². The van der Waals surface area contributed by atoms with E-state index in [1.54, 1.807) is 30.5 Å². The van der Waals surface area contributed by atoms with E-state index in [0.29, 0.717) is 24.4 Å². The van der Waals surface area contributed by atoms with Gasteiger partial charge in [0.2, 0.25) is 0 Å². The summed E-state index contributed by atoms with van der Waals surface area (Å²) in [5, 5.41) is 0. The van der Waals surface area contributed by atoms with Gasteiger partial charge in [-0.3, -0.25) is 0 Å². The maximum Gasteiger partial charge on any atom is 0.340 e. The second-order valence-electron chi connectivity index (χ2n) is 3.89. The molecule has 1 aromatic heterocycles. The molecular formula is C13H15N3O2. The van der Waals surface area contributed by atoms with Gasteiger partial charge in [-0.25, -0.2) is 9.78 Å². The topological polar surface area (TPSA) is 70.1 Å². The average molecular weight is 245 g/mol. The first-order valence-electron chi connectivity index (χ1n) is 5.68. The molecule has 94 valence electrons. The molecule has 5 nitrogen and oxygen atoms in total. The van der Waals surface area contributed by atoms with Gasteiger partial charge in [0.25, 0.3) is 0 Å². The molecule has 0 spiro atoms. The van der Waals surface area contributed by atoms with Crippen molar-refractivity contribution in [1.82, 2.24) is 9.55 Å². The number of nitrogens with two attached hydrogens (primary N) is 1. The first-order chi connectivity index (χ1) is 8.68. The number of hydrogen-bond donors (Lipinski definition) is 1. The maximum absolute atomic E-state index is 11.8. The molecule has 0 aliphatic carbocycles. The lowest BCUT2D eigenvalue weighted by Gasteiger charge is -2.08. The van der Waals surface area contributed by atoms with Crippen LogP contribution >= 0.6 is 0 Å². The highest BCUT2D eigenvalue weighted by atomic mass is 16.5. The molecule has 2 rings (SSSR count). The van der Waals surface area contributed by atoms with Crippen LogP contribution in [0, 0.1) is 6.92 Å². The average Bonchev–Trinajstić information content (AvgIpc) is 2.75. The van der Waals surface area contributed by atoms with Gasteiger partial charge in [-0.05, 0) is 19.1 Å². The molecule has 0 atom stereocenters. The number of carbonyl (C=O) groups is 1. The summed E-state index contributed by atoms with van der Waals surface area (Å²) in [6.07, 6.45) is 3.56. The number of ether oxygens (including phenoxy) is 1.